The van der Waals surface area contributed by atoms with Gasteiger partial charge >= 0.3 is 5.97 Å². The van der Waals surface area contributed by atoms with Gasteiger partial charge in [-0.1, -0.05) is 20.8 Å². The van der Waals surface area contributed by atoms with Gasteiger partial charge in [0, 0.05) is 0 Å². The highest BCUT2D eigenvalue weighted by molar-refractivity contribution is 5.70. The number of likely N-dealkylation sites (N-methyl/N-ethyl adjacent to an activating group) is 1. The molecule has 0 spiro atoms. The SMILES string of the molecule is CC1C(OC(=O)C[N+]2(C)CCCCC2)CC2CC1C2(C)C.[I-]. The van der Waals surface area contributed by atoms with Crippen molar-refractivity contribution < 1.29 is 38.0 Å². The van der Waals surface area contributed by atoms with Crippen molar-refractivity contribution in [1.29, 1.82) is 0 Å². The molecule has 4 rings (SSSR count). The summed E-state index contributed by atoms with van der Waals surface area (Å²) in [6.45, 7) is 9.90. The van der Waals surface area contributed by atoms with Crippen LogP contribution in [0.15, 0.2) is 0 Å². The summed E-state index contributed by atoms with van der Waals surface area (Å²) in [5.41, 5.74) is 0.466. The van der Waals surface area contributed by atoms with E-state index in [4.69, 9.17) is 4.74 Å². The van der Waals surface area contributed by atoms with E-state index in [1.54, 1.807) is 0 Å². The molecule has 0 aromatic carbocycles. The first-order valence-corrected chi connectivity index (χ1v) is 8.85. The monoisotopic (exact) mass is 421 g/mol. The van der Waals surface area contributed by atoms with Gasteiger partial charge in [-0.25, -0.2) is 4.79 Å². The molecule has 4 unspecified atom stereocenters. The summed E-state index contributed by atoms with van der Waals surface area (Å²) in [6.07, 6.45) is 6.42. The number of ether oxygens (including phenoxy) is 1. The van der Waals surface area contributed by atoms with Crippen molar-refractivity contribution in [2.45, 2.75) is 59.0 Å². The van der Waals surface area contributed by atoms with E-state index in [-0.39, 0.29) is 36.0 Å². The van der Waals surface area contributed by atoms with E-state index < -0.39 is 0 Å². The minimum Gasteiger partial charge on any atom is -1.00 e. The smallest absolute Gasteiger partial charge is 0.362 e. The quantitative estimate of drug-likeness (QED) is 0.371. The van der Waals surface area contributed by atoms with Crippen LogP contribution in [0.1, 0.15) is 52.9 Å². The summed E-state index contributed by atoms with van der Waals surface area (Å²) in [6, 6.07) is 0. The third kappa shape index (κ3) is 3.33. The fraction of sp³-hybridized carbons (Fsp3) is 0.944. The van der Waals surface area contributed by atoms with Crippen LogP contribution in [0.3, 0.4) is 0 Å². The molecule has 4 fully saturated rings. The standard InChI is InChI=1S/C18H32NO2.HI/c1-13-15-10-14(18(15,2)3)11-16(13)21-17(20)12-19(4)8-6-5-7-9-19;/h13-16H,5-12H2,1-4H3;1H/q+1;/p-1. The molecule has 0 N–H and O–H groups in total. The van der Waals surface area contributed by atoms with Crippen LogP contribution in [0.2, 0.25) is 0 Å². The molecule has 1 heterocycles. The number of carbonyl (C=O) groups is 1. The Bertz CT molecular complexity index is 417. The maximum Gasteiger partial charge on any atom is 0.362 e. The molecule has 1 saturated heterocycles. The first kappa shape index (κ1) is 18.5. The average molecular weight is 421 g/mol. The maximum atomic E-state index is 12.4. The van der Waals surface area contributed by atoms with Gasteiger partial charge in [-0.15, -0.1) is 0 Å². The molecule has 3 nitrogen and oxygen atoms in total. The van der Waals surface area contributed by atoms with Crippen molar-refractivity contribution in [3.05, 3.63) is 0 Å². The van der Waals surface area contributed by atoms with Crippen molar-refractivity contribution in [3.8, 4) is 0 Å². The van der Waals surface area contributed by atoms with E-state index in [2.05, 4.69) is 27.8 Å². The van der Waals surface area contributed by atoms with Crippen LogP contribution in [0.4, 0.5) is 0 Å². The van der Waals surface area contributed by atoms with Crippen LogP contribution >= 0.6 is 0 Å². The van der Waals surface area contributed by atoms with Gasteiger partial charge in [-0.05, 0) is 55.3 Å². The highest BCUT2D eigenvalue weighted by Gasteiger charge is 2.57. The number of nitrogens with zero attached hydrogens (tertiary/aromatic N) is 1. The normalized spacial score (nSPS) is 38.4. The second kappa shape index (κ2) is 6.58. The molecule has 128 valence electrons. The molecule has 2 bridgehead atoms. The highest BCUT2D eigenvalue weighted by atomic mass is 127. The second-order valence-electron chi connectivity index (χ2n) is 8.77. The van der Waals surface area contributed by atoms with Gasteiger partial charge < -0.3 is 33.2 Å². The minimum atomic E-state index is 0. The summed E-state index contributed by atoms with van der Waals surface area (Å²) in [7, 11) is 2.21. The van der Waals surface area contributed by atoms with Crippen LogP contribution in [-0.2, 0) is 9.53 Å². The number of hydrogen-bond acceptors (Lipinski definition) is 2. The molecule has 4 aliphatic rings. The van der Waals surface area contributed by atoms with Crippen molar-refractivity contribution >= 4 is 5.97 Å². The Labute approximate surface area is 152 Å². The molecule has 3 aliphatic carbocycles. The van der Waals surface area contributed by atoms with E-state index in [9.17, 15) is 4.79 Å². The third-order valence-corrected chi connectivity index (χ3v) is 6.97. The number of halogens is 1. The Morgan fingerprint density at radius 3 is 2.36 bits per heavy atom. The Morgan fingerprint density at radius 2 is 1.82 bits per heavy atom. The lowest BCUT2D eigenvalue weighted by Gasteiger charge is -2.61. The molecule has 3 saturated carbocycles. The number of hydrogen-bond donors (Lipinski definition) is 0. The van der Waals surface area contributed by atoms with E-state index >= 15 is 0 Å². The molecule has 0 radical (unpaired) electrons. The zero-order valence-corrected chi connectivity index (χ0v) is 16.8. The number of likely N-dealkylation sites (tertiary alicyclic amines) is 1. The Morgan fingerprint density at radius 1 is 1.18 bits per heavy atom. The lowest BCUT2D eigenvalue weighted by molar-refractivity contribution is -0.907. The molecule has 0 aromatic heterocycles. The number of esters is 1. The molecule has 1 aliphatic heterocycles. The fourth-order valence-corrected chi connectivity index (χ4v) is 5.21. The predicted molar refractivity (Wildman–Crippen MR) is 83.7 cm³/mol. The minimum absolute atomic E-state index is 0. The maximum absolute atomic E-state index is 12.4. The molecule has 4 atom stereocenters. The first-order valence-electron chi connectivity index (χ1n) is 8.85. The van der Waals surface area contributed by atoms with Crippen LogP contribution in [0.5, 0.6) is 0 Å². The lowest BCUT2D eigenvalue weighted by Crippen LogP contribution is -3.00. The first-order chi connectivity index (χ1) is 9.82. The molecule has 4 heteroatoms. The van der Waals surface area contributed by atoms with E-state index in [1.807, 2.05) is 0 Å². The lowest BCUT2D eigenvalue weighted by atomic mass is 9.45. The van der Waals surface area contributed by atoms with Crippen molar-refractivity contribution in [3.63, 3.8) is 0 Å². The molecular formula is C18H32INO2. The van der Waals surface area contributed by atoms with E-state index in [0.29, 0.717) is 17.9 Å². The fourth-order valence-electron chi connectivity index (χ4n) is 5.21. The Hall–Kier alpha value is 0.160. The van der Waals surface area contributed by atoms with Crippen LogP contribution in [0.25, 0.3) is 0 Å². The van der Waals surface area contributed by atoms with Gasteiger partial charge in [-0.3, -0.25) is 0 Å². The molecular weight excluding hydrogens is 389 g/mol. The van der Waals surface area contributed by atoms with Crippen LogP contribution in [0, 0.1) is 23.2 Å². The zero-order valence-electron chi connectivity index (χ0n) is 14.6. The number of rotatable bonds is 3. The summed E-state index contributed by atoms with van der Waals surface area (Å²) in [5, 5.41) is 0. The number of carbonyl (C=O) groups excluding carboxylic acids is 1. The third-order valence-electron chi connectivity index (χ3n) is 6.97. The predicted octanol–water partition coefficient (Wildman–Crippen LogP) is 0.235. The zero-order chi connectivity index (χ0) is 15.3. The largest absolute Gasteiger partial charge is 1.00 e. The summed E-state index contributed by atoms with van der Waals surface area (Å²) in [5.74, 6) is 2.07. The Balaban J connectivity index is 0.00000176. The second-order valence-corrected chi connectivity index (χ2v) is 8.77. The van der Waals surface area contributed by atoms with Crippen LogP contribution in [-0.4, -0.2) is 43.2 Å². The topological polar surface area (TPSA) is 26.3 Å². The van der Waals surface area contributed by atoms with Crippen molar-refractivity contribution in [2.75, 3.05) is 26.7 Å². The van der Waals surface area contributed by atoms with E-state index in [0.717, 1.165) is 35.8 Å². The van der Waals surface area contributed by atoms with Crippen LogP contribution < -0.4 is 24.0 Å². The molecule has 0 amide bonds. The summed E-state index contributed by atoms with van der Waals surface area (Å²) in [4.78, 5) is 12.4. The average Bonchev–Trinajstić information content (AvgIpc) is 2.40. The number of fused-ring (bicyclic) bond motifs is 2. The van der Waals surface area contributed by atoms with Gasteiger partial charge in [0.2, 0.25) is 0 Å². The highest BCUT2D eigenvalue weighted by Crippen LogP contribution is 2.61. The number of quaternary nitrogens is 1. The van der Waals surface area contributed by atoms with Gasteiger partial charge in [0.05, 0.1) is 20.1 Å². The summed E-state index contributed by atoms with van der Waals surface area (Å²) >= 11 is 0. The van der Waals surface area contributed by atoms with Crippen molar-refractivity contribution in [1.82, 2.24) is 0 Å². The molecule has 0 aromatic rings. The van der Waals surface area contributed by atoms with Crippen molar-refractivity contribution in [2.24, 2.45) is 23.2 Å². The summed E-state index contributed by atoms with van der Waals surface area (Å²) < 4.78 is 6.80. The van der Waals surface area contributed by atoms with Gasteiger partial charge in [0.15, 0.2) is 6.54 Å². The van der Waals surface area contributed by atoms with Gasteiger partial charge in [0.25, 0.3) is 0 Å². The van der Waals surface area contributed by atoms with E-state index in [1.165, 1.54) is 25.7 Å². The van der Waals surface area contributed by atoms with Gasteiger partial charge in [-0.2, -0.15) is 0 Å². The number of piperidine rings is 1. The molecule has 22 heavy (non-hydrogen) atoms. The Kier molecular flexibility index (Phi) is 5.53. The van der Waals surface area contributed by atoms with Gasteiger partial charge in [0.1, 0.15) is 6.10 Å².